The van der Waals surface area contributed by atoms with Crippen LogP contribution in [0.15, 0.2) is 60.8 Å². The Hall–Kier alpha value is -7.05. The third-order valence-corrected chi connectivity index (χ3v) is 12.2. The fourth-order valence-corrected chi connectivity index (χ4v) is 7.89. The van der Waals surface area contributed by atoms with E-state index in [0.29, 0.717) is 16.9 Å². The average Bonchev–Trinajstić information content (AvgIpc) is 3.75. The van der Waals surface area contributed by atoms with Gasteiger partial charge in [0, 0.05) is 36.4 Å². The minimum absolute atomic E-state index is 0.0520. The third kappa shape index (κ3) is 20.2. The highest BCUT2D eigenvalue weighted by Crippen LogP contribution is 2.20. The molecule has 8 atom stereocenters. The van der Waals surface area contributed by atoms with Crippen LogP contribution in [0, 0.1) is 11.8 Å². The molecule has 0 fully saturated rings. The Bertz CT molecular complexity index is 2380. The van der Waals surface area contributed by atoms with E-state index < -0.39 is 127 Å². The van der Waals surface area contributed by atoms with Gasteiger partial charge in [0.25, 0.3) is 0 Å². The Morgan fingerprint density at radius 1 is 0.644 bits per heavy atom. The van der Waals surface area contributed by atoms with Crippen LogP contribution in [0.2, 0.25) is 0 Å². The zero-order chi connectivity index (χ0) is 54.4. The van der Waals surface area contributed by atoms with Gasteiger partial charge in [-0.2, -0.15) is 11.8 Å². The van der Waals surface area contributed by atoms with Gasteiger partial charge in [-0.1, -0.05) is 76.2 Å². The van der Waals surface area contributed by atoms with E-state index in [1.807, 2.05) is 32.0 Å². The zero-order valence-electron chi connectivity index (χ0n) is 42.0. The molecular formula is C49H71N11O12S. The summed E-state index contributed by atoms with van der Waals surface area (Å²) in [4.78, 5) is 134. The average molecular weight is 1040 g/mol. The highest BCUT2D eigenvalue weighted by Gasteiger charge is 2.34. The molecule has 24 heteroatoms. The maximum Gasteiger partial charge on any atom is 0.326 e. The second-order valence-corrected chi connectivity index (χ2v) is 19.3. The molecule has 73 heavy (non-hydrogen) atoms. The van der Waals surface area contributed by atoms with Crippen molar-refractivity contribution in [2.24, 2.45) is 23.3 Å². The van der Waals surface area contributed by atoms with Crippen LogP contribution >= 0.6 is 11.8 Å². The van der Waals surface area contributed by atoms with E-state index in [1.54, 1.807) is 62.7 Å². The Balaban J connectivity index is 1.70. The smallest absolute Gasteiger partial charge is 0.326 e. The van der Waals surface area contributed by atoms with Gasteiger partial charge >= 0.3 is 5.97 Å². The number of amides is 9. The number of H-pyrrole nitrogens is 1. The Kier molecular flexibility index (Phi) is 24.8. The lowest BCUT2D eigenvalue weighted by atomic mass is 10.00. The maximum atomic E-state index is 14.1. The molecule has 400 valence electrons. The van der Waals surface area contributed by atoms with E-state index in [4.69, 9.17) is 11.5 Å². The molecule has 0 aliphatic carbocycles. The standard InChI is InChI=1S/C49H71N11O12S/c1-26(2)20-35(57-43(65)32(50)16-17-39(51)62)45(67)59-37(22-30-23-52-33-15-11-10-14-31(30)33)44(66)54-28(5)42(64)60-41(27(3)4)48(70)53-24-40(63)55-38(25-61)47(69)58-36(21-29-12-8-7-9-13-29)46(68)56-34(49(71)72)18-19-73-6/h7-15,23,26-28,32,34-38,41,52,61H,16-22,24-25,50H2,1-6H3,(H2,51,62)(H,53,70)(H,54,66)(H,55,63)(H,56,68)(H,57,65)(H,58,69)(H,59,67)(H,60,64)(H,71,72)/t28-,32-,34-,35-,36-,37-,38-,41-/m0/s1. The van der Waals surface area contributed by atoms with Crippen molar-refractivity contribution in [2.75, 3.05) is 25.2 Å². The topological polar surface area (TPSA) is 375 Å². The first-order valence-electron chi connectivity index (χ1n) is 23.9. The number of nitrogens with one attached hydrogen (secondary N) is 9. The van der Waals surface area contributed by atoms with Crippen LogP contribution in [0.4, 0.5) is 0 Å². The van der Waals surface area contributed by atoms with Crippen LogP contribution in [0.3, 0.4) is 0 Å². The summed E-state index contributed by atoms with van der Waals surface area (Å²) in [6.07, 6.45) is 3.43. The monoisotopic (exact) mass is 1040 g/mol. The number of aliphatic carboxylic acids is 1. The van der Waals surface area contributed by atoms with Crippen LogP contribution < -0.4 is 54.0 Å². The molecule has 9 amide bonds. The van der Waals surface area contributed by atoms with Crippen molar-refractivity contribution < 1.29 is 58.2 Å². The molecule has 0 radical (unpaired) electrons. The number of para-hydroxylation sites is 1. The normalized spacial score (nSPS) is 14.5. The number of carbonyl (C=O) groups excluding carboxylic acids is 9. The number of fused-ring (bicyclic) bond motifs is 1. The van der Waals surface area contributed by atoms with E-state index in [0.717, 1.165) is 10.9 Å². The molecule has 0 saturated heterocycles. The fourth-order valence-electron chi connectivity index (χ4n) is 7.42. The van der Waals surface area contributed by atoms with Crippen molar-refractivity contribution in [1.29, 1.82) is 0 Å². The molecule has 0 unspecified atom stereocenters. The second kappa shape index (κ2) is 30.1. The number of rotatable bonds is 31. The summed E-state index contributed by atoms with van der Waals surface area (Å²) in [5.74, 6) is -8.64. The van der Waals surface area contributed by atoms with Gasteiger partial charge in [0.2, 0.25) is 53.2 Å². The van der Waals surface area contributed by atoms with Gasteiger partial charge in [0.1, 0.15) is 42.3 Å². The van der Waals surface area contributed by atoms with E-state index >= 15 is 0 Å². The number of aliphatic hydroxyl groups is 1. The number of primary amides is 1. The number of aliphatic hydroxyl groups excluding tert-OH is 1. The van der Waals surface area contributed by atoms with Crippen LogP contribution in [0.1, 0.15) is 71.4 Å². The van der Waals surface area contributed by atoms with Gasteiger partial charge in [-0.05, 0) is 67.2 Å². The molecule has 1 aromatic heterocycles. The highest BCUT2D eigenvalue weighted by molar-refractivity contribution is 7.98. The Morgan fingerprint density at radius 3 is 1.82 bits per heavy atom. The molecule has 0 aliphatic rings. The largest absolute Gasteiger partial charge is 0.480 e. The van der Waals surface area contributed by atoms with Crippen molar-refractivity contribution >= 4 is 81.8 Å². The summed E-state index contributed by atoms with van der Waals surface area (Å²) in [7, 11) is 0. The second-order valence-electron chi connectivity index (χ2n) is 18.3. The maximum absolute atomic E-state index is 14.1. The molecule has 0 aliphatic heterocycles. The Morgan fingerprint density at radius 2 is 1.22 bits per heavy atom. The van der Waals surface area contributed by atoms with E-state index in [1.165, 1.54) is 18.7 Å². The lowest BCUT2D eigenvalue weighted by Gasteiger charge is -2.27. The molecular weight excluding hydrogens is 967 g/mol. The highest BCUT2D eigenvalue weighted by atomic mass is 32.2. The minimum Gasteiger partial charge on any atom is -0.480 e. The van der Waals surface area contributed by atoms with Gasteiger partial charge < -0.3 is 69.2 Å². The summed E-state index contributed by atoms with van der Waals surface area (Å²) in [5, 5.41) is 40.7. The number of aromatic amines is 1. The van der Waals surface area contributed by atoms with Crippen molar-refractivity contribution in [3.63, 3.8) is 0 Å². The zero-order valence-corrected chi connectivity index (χ0v) is 42.8. The van der Waals surface area contributed by atoms with Crippen LogP contribution in [0.5, 0.6) is 0 Å². The summed E-state index contributed by atoms with van der Waals surface area (Å²) in [6, 6.07) is 5.57. The predicted molar refractivity (Wildman–Crippen MR) is 273 cm³/mol. The molecule has 0 spiro atoms. The fraction of sp³-hybridized carbons (Fsp3) is 0.510. The molecule has 0 saturated carbocycles. The van der Waals surface area contributed by atoms with Crippen molar-refractivity contribution in [1.82, 2.24) is 47.5 Å². The predicted octanol–water partition coefficient (Wildman–Crippen LogP) is -1.39. The van der Waals surface area contributed by atoms with Gasteiger partial charge in [-0.25, -0.2) is 4.79 Å². The van der Waals surface area contributed by atoms with Crippen LogP contribution in [0.25, 0.3) is 10.9 Å². The lowest BCUT2D eigenvalue weighted by molar-refractivity contribution is -0.142. The van der Waals surface area contributed by atoms with E-state index in [2.05, 4.69) is 47.5 Å². The number of thioether (sulfide) groups is 1. The molecule has 0 bridgehead atoms. The first-order chi connectivity index (χ1) is 34.5. The minimum atomic E-state index is -1.60. The number of hydrogen-bond donors (Lipinski definition) is 13. The molecule has 3 aromatic rings. The van der Waals surface area contributed by atoms with Gasteiger partial charge in [0.05, 0.1) is 19.2 Å². The molecule has 1 heterocycles. The number of carboxylic acids is 1. The number of hydrogen-bond acceptors (Lipinski definition) is 13. The Labute approximate surface area is 428 Å². The van der Waals surface area contributed by atoms with Crippen molar-refractivity contribution in [2.45, 2.75) is 121 Å². The molecule has 2 aromatic carbocycles. The van der Waals surface area contributed by atoms with Gasteiger partial charge in [-0.15, -0.1) is 0 Å². The summed E-state index contributed by atoms with van der Waals surface area (Å²) < 4.78 is 0. The summed E-state index contributed by atoms with van der Waals surface area (Å²) >= 11 is 1.39. The van der Waals surface area contributed by atoms with Gasteiger partial charge in [-0.3, -0.25) is 43.2 Å². The number of carbonyl (C=O) groups is 10. The molecule has 15 N–H and O–H groups in total. The first kappa shape index (κ1) is 60.3. The van der Waals surface area contributed by atoms with E-state index in [-0.39, 0.29) is 44.4 Å². The van der Waals surface area contributed by atoms with Gasteiger partial charge in [0.15, 0.2) is 0 Å². The molecule has 23 nitrogen and oxygen atoms in total. The summed E-state index contributed by atoms with van der Waals surface area (Å²) in [5.41, 5.74) is 13.2. The number of aromatic nitrogens is 1. The first-order valence-corrected chi connectivity index (χ1v) is 25.3. The van der Waals surface area contributed by atoms with Crippen LogP contribution in [-0.4, -0.2) is 148 Å². The third-order valence-electron chi connectivity index (χ3n) is 11.5. The number of nitrogens with two attached hydrogens (primary N) is 2. The number of carboxylic acid groups (broad SMARTS) is 1. The quantitative estimate of drug-likeness (QED) is 0.0353. The SMILES string of the molecule is CSCC[C@H](NC(=O)[C@H](Cc1ccccc1)NC(=O)[C@H](CO)NC(=O)CNC(=O)[C@@H](NC(=O)[C@H](C)NC(=O)[C@H](Cc1c[nH]c2ccccc12)NC(=O)[C@H](CC(C)C)NC(=O)[C@@H](N)CCC(N)=O)C(C)C)C(=O)O. The number of benzene rings is 2. The van der Waals surface area contributed by atoms with Crippen molar-refractivity contribution in [3.8, 4) is 0 Å². The summed E-state index contributed by atoms with van der Waals surface area (Å²) in [6.45, 7) is 6.62. The van der Waals surface area contributed by atoms with Crippen LogP contribution in [-0.2, 0) is 60.8 Å². The molecule has 3 rings (SSSR count). The van der Waals surface area contributed by atoms with E-state index in [9.17, 15) is 58.2 Å². The lowest BCUT2D eigenvalue weighted by Crippen LogP contribution is -2.60. The van der Waals surface area contributed by atoms with Crippen molar-refractivity contribution in [3.05, 3.63) is 71.9 Å².